The number of alkyl halides is 1. The summed E-state index contributed by atoms with van der Waals surface area (Å²) >= 11 is 6.08. The maximum absolute atomic E-state index is 10.3. The monoisotopic (exact) mass is 232 g/mol. The lowest BCUT2D eigenvalue weighted by Gasteiger charge is -2.09. The van der Waals surface area contributed by atoms with Crippen LogP contribution in [0.2, 0.25) is 0 Å². The predicted octanol–water partition coefficient (Wildman–Crippen LogP) is 3.84. The molecule has 0 aromatic carbocycles. The van der Waals surface area contributed by atoms with Crippen LogP contribution in [0.4, 0.5) is 0 Å². The van der Waals surface area contributed by atoms with Crippen LogP contribution in [-0.2, 0) is 4.79 Å². The van der Waals surface area contributed by atoms with E-state index in [0.717, 1.165) is 32.1 Å². The van der Waals surface area contributed by atoms with Crippen molar-refractivity contribution >= 4 is 17.6 Å². The van der Waals surface area contributed by atoms with Gasteiger partial charge in [0.1, 0.15) is 0 Å². The number of carboxylic acid groups (broad SMARTS) is 1. The second kappa shape index (κ2) is 8.78. The van der Waals surface area contributed by atoms with Crippen LogP contribution in [0.15, 0.2) is 12.2 Å². The molecule has 2 unspecified atom stereocenters. The first-order valence-electron chi connectivity index (χ1n) is 5.61. The molecule has 0 aliphatic heterocycles. The maximum atomic E-state index is 10.3. The molecule has 0 aromatic rings. The molecule has 3 heteroatoms. The van der Waals surface area contributed by atoms with Crippen LogP contribution in [-0.4, -0.2) is 16.5 Å². The lowest BCUT2D eigenvalue weighted by atomic mass is 10.0. The van der Waals surface area contributed by atoms with Gasteiger partial charge in [0.2, 0.25) is 0 Å². The number of hydrogen-bond donors (Lipinski definition) is 1. The fraction of sp³-hybridized carbons (Fsp3) is 0.750. The van der Waals surface area contributed by atoms with Gasteiger partial charge < -0.3 is 5.11 Å². The van der Waals surface area contributed by atoms with Gasteiger partial charge >= 0.3 is 5.97 Å². The molecule has 15 heavy (non-hydrogen) atoms. The van der Waals surface area contributed by atoms with Crippen molar-refractivity contribution < 1.29 is 9.90 Å². The molecule has 0 saturated carbocycles. The highest BCUT2D eigenvalue weighted by molar-refractivity contribution is 6.20. The Labute approximate surface area is 97.3 Å². The summed E-state index contributed by atoms with van der Waals surface area (Å²) in [5.74, 6) is -0.547. The molecule has 0 saturated heterocycles. The van der Waals surface area contributed by atoms with E-state index in [-0.39, 0.29) is 5.38 Å². The number of halogens is 1. The summed E-state index contributed by atoms with van der Waals surface area (Å²) in [5, 5.41) is 8.72. The predicted molar refractivity (Wildman–Crippen MR) is 64.3 cm³/mol. The Balaban J connectivity index is 3.54. The number of aliphatic carboxylic acids is 1. The molecule has 2 nitrogen and oxygen atoms in total. The highest BCUT2D eigenvalue weighted by Crippen LogP contribution is 2.16. The molecule has 0 heterocycles. The minimum absolute atomic E-state index is 0.283. The first-order chi connectivity index (χ1) is 7.06. The Morgan fingerprint density at radius 2 is 2.07 bits per heavy atom. The highest BCUT2D eigenvalue weighted by atomic mass is 35.5. The Morgan fingerprint density at radius 3 is 2.60 bits per heavy atom. The molecule has 2 atom stereocenters. The number of hydrogen-bond acceptors (Lipinski definition) is 1. The first kappa shape index (κ1) is 14.5. The van der Waals surface area contributed by atoms with Crippen LogP contribution >= 0.6 is 11.6 Å². The van der Waals surface area contributed by atoms with Gasteiger partial charge in [-0.3, -0.25) is 0 Å². The number of allylic oxidation sites excluding steroid dienone is 1. The minimum atomic E-state index is -0.872. The van der Waals surface area contributed by atoms with Crippen LogP contribution in [0.1, 0.15) is 46.0 Å². The number of rotatable bonds is 8. The van der Waals surface area contributed by atoms with Gasteiger partial charge in [0.05, 0.1) is 0 Å². The number of carbonyl (C=O) groups is 1. The smallest absolute Gasteiger partial charge is 0.327 e. The van der Waals surface area contributed by atoms with Crippen molar-refractivity contribution in [1.29, 1.82) is 0 Å². The van der Waals surface area contributed by atoms with E-state index in [0.29, 0.717) is 5.92 Å². The molecule has 0 aliphatic carbocycles. The van der Waals surface area contributed by atoms with Crippen molar-refractivity contribution in [2.45, 2.75) is 51.3 Å². The van der Waals surface area contributed by atoms with Crippen LogP contribution in [0.3, 0.4) is 0 Å². The second-order valence-corrected chi connectivity index (χ2v) is 4.61. The van der Waals surface area contributed by atoms with Crippen molar-refractivity contribution in [3.8, 4) is 0 Å². The summed E-state index contributed by atoms with van der Waals surface area (Å²) in [7, 11) is 0. The summed E-state index contributed by atoms with van der Waals surface area (Å²) in [4.78, 5) is 10.3. The Bertz CT molecular complexity index is 202. The fourth-order valence-corrected chi connectivity index (χ4v) is 1.83. The lowest BCUT2D eigenvalue weighted by molar-refractivity contribution is -0.131. The highest BCUT2D eigenvalue weighted by Gasteiger charge is 2.04. The van der Waals surface area contributed by atoms with E-state index in [1.807, 2.05) is 6.92 Å². The van der Waals surface area contributed by atoms with Crippen molar-refractivity contribution in [3.63, 3.8) is 0 Å². The van der Waals surface area contributed by atoms with E-state index in [1.54, 1.807) is 6.08 Å². The summed E-state index contributed by atoms with van der Waals surface area (Å²) in [6.07, 6.45) is 8.26. The molecule has 0 rings (SSSR count). The number of carboxylic acids is 1. The van der Waals surface area contributed by atoms with E-state index < -0.39 is 5.97 Å². The average Bonchev–Trinajstić information content (AvgIpc) is 2.15. The molecular weight excluding hydrogens is 212 g/mol. The molecule has 0 spiro atoms. The summed E-state index contributed by atoms with van der Waals surface area (Å²) < 4.78 is 0. The SMILES string of the molecule is CCCC(Cl)CCCC(C)C=CC(=O)O. The van der Waals surface area contributed by atoms with Crippen LogP contribution < -0.4 is 0 Å². The Morgan fingerprint density at radius 1 is 1.40 bits per heavy atom. The minimum Gasteiger partial charge on any atom is -0.478 e. The Kier molecular flexibility index (Phi) is 8.49. The summed E-state index contributed by atoms with van der Waals surface area (Å²) in [6.45, 7) is 4.16. The van der Waals surface area contributed by atoms with Gasteiger partial charge in [-0.1, -0.05) is 32.8 Å². The van der Waals surface area contributed by atoms with Crippen molar-refractivity contribution in [1.82, 2.24) is 0 Å². The van der Waals surface area contributed by atoms with E-state index >= 15 is 0 Å². The van der Waals surface area contributed by atoms with Crippen molar-refractivity contribution in [2.75, 3.05) is 0 Å². The van der Waals surface area contributed by atoms with Crippen LogP contribution in [0, 0.1) is 5.92 Å². The van der Waals surface area contributed by atoms with Crippen LogP contribution in [0.5, 0.6) is 0 Å². The Hall–Kier alpha value is -0.500. The molecule has 0 fully saturated rings. The maximum Gasteiger partial charge on any atom is 0.327 e. The molecular formula is C12H21ClO2. The summed E-state index contributed by atoms with van der Waals surface area (Å²) in [6, 6.07) is 0. The third-order valence-corrected chi connectivity index (χ3v) is 2.78. The molecule has 1 N–H and O–H groups in total. The molecule has 0 radical (unpaired) electrons. The van der Waals surface area contributed by atoms with E-state index in [9.17, 15) is 4.79 Å². The zero-order chi connectivity index (χ0) is 11.7. The molecule has 88 valence electrons. The topological polar surface area (TPSA) is 37.3 Å². The largest absolute Gasteiger partial charge is 0.478 e. The van der Waals surface area contributed by atoms with Crippen LogP contribution in [0.25, 0.3) is 0 Å². The van der Waals surface area contributed by atoms with Gasteiger partial charge in [-0.05, 0) is 25.2 Å². The van der Waals surface area contributed by atoms with Gasteiger partial charge in [-0.25, -0.2) is 4.79 Å². The first-order valence-corrected chi connectivity index (χ1v) is 6.05. The molecule has 0 aromatic heterocycles. The normalized spacial score (nSPS) is 15.4. The van der Waals surface area contributed by atoms with E-state index in [1.165, 1.54) is 6.08 Å². The van der Waals surface area contributed by atoms with Gasteiger partial charge in [0, 0.05) is 11.5 Å². The molecule has 0 aliphatic rings. The van der Waals surface area contributed by atoms with Gasteiger partial charge in [-0.2, -0.15) is 0 Å². The zero-order valence-corrected chi connectivity index (χ0v) is 10.3. The summed E-state index contributed by atoms with van der Waals surface area (Å²) in [5.41, 5.74) is 0. The van der Waals surface area contributed by atoms with Gasteiger partial charge in [-0.15, -0.1) is 11.6 Å². The third-order valence-electron chi connectivity index (χ3n) is 2.35. The third kappa shape index (κ3) is 9.80. The fourth-order valence-electron chi connectivity index (χ4n) is 1.46. The standard InChI is InChI=1S/C12H21ClO2/c1-3-5-11(13)7-4-6-10(2)8-9-12(14)15/h8-11H,3-7H2,1-2H3,(H,14,15). The van der Waals surface area contributed by atoms with E-state index in [4.69, 9.17) is 16.7 Å². The van der Waals surface area contributed by atoms with Crippen molar-refractivity contribution in [3.05, 3.63) is 12.2 Å². The molecule has 0 amide bonds. The quantitative estimate of drug-likeness (QED) is 0.510. The molecule has 0 bridgehead atoms. The lowest BCUT2D eigenvalue weighted by Crippen LogP contribution is -1.99. The van der Waals surface area contributed by atoms with E-state index in [2.05, 4.69) is 6.92 Å². The van der Waals surface area contributed by atoms with Crippen molar-refractivity contribution in [2.24, 2.45) is 5.92 Å². The second-order valence-electron chi connectivity index (χ2n) is 3.99. The van der Waals surface area contributed by atoms with Gasteiger partial charge in [0.15, 0.2) is 0 Å². The van der Waals surface area contributed by atoms with Gasteiger partial charge in [0.25, 0.3) is 0 Å². The zero-order valence-electron chi connectivity index (χ0n) is 9.58. The average molecular weight is 233 g/mol.